The van der Waals surface area contributed by atoms with Crippen molar-refractivity contribution in [1.82, 2.24) is 10.6 Å². The first-order chi connectivity index (χ1) is 9.31. The van der Waals surface area contributed by atoms with Crippen LogP contribution >= 0.6 is 24.0 Å². The van der Waals surface area contributed by atoms with Gasteiger partial charge in [0.1, 0.15) is 5.75 Å². The van der Waals surface area contributed by atoms with Crippen LogP contribution in [0.4, 0.5) is 0 Å². The van der Waals surface area contributed by atoms with Crippen LogP contribution in [0.2, 0.25) is 0 Å². The molecule has 0 bridgehead atoms. The van der Waals surface area contributed by atoms with E-state index in [4.69, 9.17) is 4.74 Å². The molecule has 1 rings (SSSR count). The first kappa shape index (κ1) is 19.0. The number of hydrogen-bond acceptors (Lipinski definition) is 2. The van der Waals surface area contributed by atoms with Gasteiger partial charge in [-0.15, -0.1) is 24.0 Å². The molecular formula is C15H26IN3O. The molecule has 1 aromatic carbocycles. The summed E-state index contributed by atoms with van der Waals surface area (Å²) >= 11 is 0. The summed E-state index contributed by atoms with van der Waals surface area (Å²) in [7, 11) is 0. The molecule has 0 aliphatic carbocycles. The smallest absolute Gasteiger partial charge is 0.191 e. The number of aliphatic imine (C=N–C) groups is 1. The van der Waals surface area contributed by atoms with Crippen LogP contribution in [0.25, 0.3) is 0 Å². The average molecular weight is 391 g/mol. The fourth-order valence-electron chi connectivity index (χ4n) is 1.80. The molecule has 1 aromatic rings. The summed E-state index contributed by atoms with van der Waals surface area (Å²) in [4.78, 5) is 4.54. The Labute approximate surface area is 139 Å². The van der Waals surface area contributed by atoms with Crippen molar-refractivity contribution in [2.24, 2.45) is 4.99 Å². The molecule has 0 radical (unpaired) electrons. The Morgan fingerprint density at radius 2 is 1.75 bits per heavy atom. The third kappa shape index (κ3) is 6.98. The van der Waals surface area contributed by atoms with Gasteiger partial charge in [0, 0.05) is 19.6 Å². The Bertz CT molecular complexity index is 388. The van der Waals surface area contributed by atoms with E-state index in [1.807, 2.05) is 25.1 Å². The van der Waals surface area contributed by atoms with Crippen molar-refractivity contribution in [1.29, 1.82) is 0 Å². The minimum atomic E-state index is 0. The molecule has 0 aromatic heterocycles. The summed E-state index contributed by atoms with van der Waals surface area (Å²) in [6.45, 7) is 9.33. The quantitative estimate of drug-likeness (QED) is 0.427. The van der Waals surface area contributed by atoms with Gasteiger partial charge in [0.05, 0.1) is 6.61 Å². The van der Waals surface area contributed by atoms with E-state index in [9.17, 15) is 0 Å². The van der Waals surface area contributed by atoms with E-state index in [1.165, 1.54) is 5.56 Å². The molecule has 4 nitrogen and oxygen atoms in total. The van der Waals surface area contributed by atoms with Crippen molar-refractivity contribution in [2.45, 2.75) is 27.2 Å². The summed E-state index contributed by atoms with van der Waals surface area (Å²) in [6, 6.07) is 8.15. The fraction of sp³-hybridized carbons (Fsp3) is 0.533. The number of benzene rings is 1. The minimum Gasteiger partial charge on any atom is -0.494 e. The molecule has 2 N–H and O–H groups in total. The molecule has 0 spiro atoms. The van der Waals surface area contributed by atoms with Crippen molar-refractivity contribution >= 4 is 29.9 Å². The maximum Gasteiger partial charge on any atom is 0.191 e. The number of ether oxygens (including phenoxy) is 1. The monoisotopic (exact) mass is 391 g/mol. The standard InChI is InChI=1S/C15H25N3O.HI/c1-4-16-15(17-5-2)18-12-11-13-9-7-8-10-14(13)19-6-3;/h7-10H,4-6,11-12H2,1-3H3,(H2,16,17,18);1H. The van der Waals surface area contributed by atoms with E-state index in [2.05, 4.69) is 35.5 Å². The highest BCUT2D eigenvalue weighted by Crippen LogP contribution is 2.18. The van der Waals surface area contributed by atoms with Crippen LogP contribution in [0.1, 0.15) is 26.3 Å². The number of hydrogen-bond donors (Lipinski definition) is 2. The van der Waals surface area contributed by atoms with Crippen molar-refractivity contribution in [3.8, 4) is 5.75 Å². The number of para-hydroxylation sites is 1. The summed E-state index contributed by atoms with van der Waals surface area (Å²) in [5.74, 6) is 1.84. The van der Waals surface area contributed by atoms with Crippen molar-refractivity contribution in [3.05, 3.63) is 29.8 Å². The van der Waals surface area contributed by atoms with Gasteiger partial charge in [-0.05, 0) is 38.8 Å². The first-order valence-electron chi connectivity index (χ1n) is 7.04. The molecular weight excluding hydrogens is 365 g/mol. The summed E-state index contributed by atoms with van der Waals surface area (Å²) in [6.07, 6.45) is 0.885. The zero-order valence-electron chi connectivity index (χ0n) is 12.6. The summed E-state index contributed by atoms with van der Waals surface area (Å²) in [5, 5.41) is 6.43. The lowest BCUT2D eigenvalue weighted by atomic mass is 10.1. The molecule has 114 valence electrons. The van der Waals surface area contributed by atoms with Gasteiger partial charge < -0.3 is 15.4 Å². The minimum absolute atomic E-state index is 0. The summed E-state index contributed by atoms with van der Waals surface area (Å²) in [5.41, 5.74) is 1.21. The number of nitrogens with one attached hydrogen (secondary N) is 2. The third-order valence-electron chi connectivity index (χ3n) is 2.61. The fourth-order valence-corrected chi connectivity index (χ4v) is 1.80. The predicted molar refractivity (Wildman–Crippen MR) is 96.4 cm³/mol. The maximum atomic E-state index is 5.61. The number of guanidine groups is 1. The molecule has 0 heterocycles. The maximum absolute atomic E-state index is 5.61. The predicted octanol–water partition coefficient (Wildman–Crippen LogP) is 2.82. The van der Waals surface area contributed by atoms with Crippen LogP contribution in [0.5, 0.6) is 5.75 Å². The van der Waals surface area contributed by atoms with Crippen LogP contribution in [0, 0.1) is 0 Å². The topological polar surface area (TPSA) is 45.7 Å². The molecule has 0 atom stereocenters. The van der Waals surface area contributed by atoms with Gasteiger partial charge in [0.25, 0.3) is 0 Å². The van der Waals surface area contributed by atoms with E-state index in [1.54, 1.807) is 0 Å². The Hall–Kier alpha value is -0.980. The van der Waals surface area contributed by atoms with Gasteiger partial charge in [0.15, 0.2) is 5.96 Å². The Kier molecular flexibility index (Phi) is 11.2. The number of rotatable bonds is 7. The second-order valence-electron chi connectivity index (χ2n) is 4.08. The molecule has 0 saturated heterocycles. The van der Waals surface area contributed by atoms with E-state index in [-0.39, 0.29) is 24.0 Å². The van der Waals surface area contributed by atoms with Gasteiger partial charge in [-0.1, -0.05) is 18.2 Å². The molecule has 0 fully saturated rings. The van der Waals surface area contributed by atoms with Gasteiger partial charge in [-0.25, -0.2) is 0 Å². The zero-order chi connectivity index (χ0) is 13.9. The lowest BCUT2D eigenvalue weighted by Crippen LogP contribution is -2.37. The van der Waals surface area contributed by atoms with Crippen molar-refractivity contribution < 1.29 is 4.74 Å². The molecule has 0 aliphatic rings. The van der Waals surface area contributed by atoms with Gasteiger partial charge >= 0.3 is 0 Å². The molecule has 0 amide bonds. The lowest BCUT2D eigenvalue weighted by Gasteiger charge is -2.11. The van der Waals surface area contributed by atoms with Crippen LogP contribution in [-0.4, -0.2) is 32.2 Å². The molecule has 5 heteroatoms. The largest absolute Gasteiger partial charge is 0.494 e. The SMILES string of the molecule is CCNC(=NCCc1ccccc1OCC)NCC.I. The highest BCUT2D eigenvalue weighted by atomic mass is 127. The Morgan fingerprint density at radius 1 is 1.10 bits per heavy atom. The van der Waals surface area contributed by atoms with E-state index in [0.29, 0.717) is 6.61 Å². The third-order valence-corrected chi connectivity index (χ3v) is 2.61. The highest BCUT2D eigenvalue weighted by Gasteiger charge is 2.02. The average Bonchev–Trinajstić information content (AvgIpc) is 2.41. The molecule has 0 aliphatic heterocycles. The zero-order valence-corrected chi connectivity index (χ0v) is 14.9. The van der Waals surface area contributed by atoms with Gasteiger partial charge in [-0.2, -0.15) is 0 Å². The number of nitrogens with zero attached hydrogens (tertiary/aromatic N) is 1. The second kappa shape index (κ2) is 11.8. The Morgan fingerprint density at radius 3 is 2.35 bits per heavy atom. The number of halogens is 1. The summed E-state index contributed by atoms with van der Waals surface area (Å²) < 4.78 is 5.61. The lowest BCUT2D eigenvalue weighted by molar-refractivity contribution is 0.336. The van der Waals surface area contributed by atoms with Crippen LogP contribution in [-0.2, 0) is 6.42 Å². The highest BCUT2D eigenvalue weighted by molar-refractivity contribution is 14.0. The second-order valence-corrected chi connectivity index (χ2v) is 4.08. The molecule has 0 unspecified atom stereocenters. The van der Waals surface area contributed by atoms with Gasteiger partial charge in [-0.3, -0.25) is 4.99 Å². The van der Waals surface area contributed by atoms with Crippen LogP contribution < -0.4 is 15.4 Å². The van der Waals surface area contributed by atoms with Crippen molar-refractivity contribution in [3.63, 3.8) is 0 Å². The van der Waals surface area contributed by atoms with E-state index in [0.717, 1.165) is 37.8 Å². The Balaban J connectivity index is 0.00000361. The van der Waals surface area contributed by atoms with Gasteiger partial charge in [0.2, 0.25) is 0 Å². The van der Waals surface area contributed by atoms with Crippen LogP contribution in [0.15, 0.2) is 29.3 Å². The molecule has 0 saturated carbocycles. The van der Waals surface area contributed by atoms with E-state index >= 15 is 0 Å². The molecule has 20 heavy (non-hydrogen) atoms. The van der Waals surface area contributed by atoms with E-state index < -0.39 is 0 Å². The normalized spacial score (nSPS) is 9.35. The first-order valence-corrected chi connectivity index (χ1v) is 7.04. The van der Waals surface area contributed by atoms with Crippen molar-refractivity contribution in [2.75, 3.05) is 26.2 Å². The van der Waals surface area contributed by atoms with Crippen LogP contribution in [0.3, 0.4) is 0 Å².